The lowest BCUT2D eigenvalue weighted by molar-refractivity contribution is 0.0277. The molecule has 1 atom stereocenters. The summed E-state index contributed by atoms with van der Waals surface area (Å²) in [5.74, 6) is 0.735. The lowest BCUT2D eigenvalue weighted by Gasteiger charge is -2.22. The van der Waals surface area contributed by atoms with Gasteiger partial charge in [0.15, 0.2) is 5.96 Å². The highest BCUT2D eigenvalue weighted by atomic mass is 16.5. The summed E-state index contributed by atoms with van der Waals surface area (Å²) in [6.45, 7) is 6.31. The van der Waals surface area contributed by atoms with Gasteiger partial charge in [-0.3, -0.25) is 9.79 Å². The van der Waals surface area contributed by atoms with Crippen molar-refractivity contribution in [3.63, 3.8) is 0 Å². The maximum absolute atomic E-state index is 12.3. The predicted molar refractivity (Wildman–Crippen MR) is 119 cm³/mol. The minimum absolute atomic E-state index is 0.0262. The molecule has 1 amide bonds. The number of carbonyl (C=O) groups is 1. The molecule has 0 bridgehead atoms. The number of carbonyl (C=O) groups excluding carboxylic acids is 1. The molecule has 6 heteroatoms. The summed E-state index contributed by atoms with van der Waals surface area (Å²) in [6.07, 6.45) is 8.74. The van der Waals surface area contributed by atoms with Gasteiger partial charge in [-0.15, -0.1) is 0 Å². The molecule has 3 N–H and O–H groups in total. The molecule has 162 valence electrons. The normalized spacial score (nSPS) is 16.3. The molecule has 0 radical (unpaired) electrons. The number of guanidine groups is 1. The van der Waals surface area contributed by atoms with E-state index in [1.54, 1.807) is 7.05 Å². The van der Waals surface area contributed by atoms with Crippen molar-refractivity contribution in [1.29, 1.82) is 0 Å². The fourth-order valence-electron chi connectivity index (χ4n) is 3.40. The molecule has 0 spiro atoms. The first-order chi connectivity index (χ1) is 14.1. The van der Waals surface area contributed by atoms with Crippen molar-refractivity contribution in [2.45, 2.75) is 77.5 Å². The van der Waals surface area contributed by atoms with Crippen LogP contribution in [0.25, 0.3) is 0 Å². The van der Waals surface area contributed by atoms with Crippen LogP contribution < -0.4 is 16.0 Å². The topological polar surface area (TPSA) is 74.8 Å². The van der Waals surface area contributed by atoms with Gasteiger partial charge in [-0.05, 0) is 50.3 Å². The summed E-state index contributed by atoms with van der Waals surface area (Å²) >= 11 is 0. The molecule has 2 rings (SSSR count). The van der Waals surface area contributed by atoms with E-state index in [1.807, 2.05) is 31.2 Å². The Kier molecular flexibility index (Phi) is 10.6. The van der Waals surface area contributed by atoms with Gasteiger partial charge in [0.1, 0.15) is 0 Å². The van der Waals surface area contributed by atoms with Gasteiger partial charge in [0.05, 0.1) is 6.10 Å². The summed E-state index contributed by atoms with van der Waals surface area (Å²) in [4.78, 5) is 16.6. The lowest BCUT2D eigenvalue weighted by atomic mass is 9.98. The summed E-state index contributed by atoms with van der Waals surface area (Å²) in [6, 6.07) is 7.88. The fraction of sp³-hybridized carbons (Fsp3) is 0.652. The number of aliphatic imine (C=N–C) groups is 1. The highest BCUT2D eigenvalue weighted by molar-refractivity contribution is 5.94. The van der Waals surface area contributed by atoms with E-state index in [0.29, 0.717) is 18.2 Å². The second kappa shape index (κ2) is 13.2. The second-order valence-electron chi connectivity index (χ2n) is 7.82. The SMILES string of the molecule is CCC(C)NC(=O)c1cccc(CNC(=NC)NCCCOC2CCCCC2)c1. The zero-order valence-electron chi connectivity index (χ0n) is 18.3. The maximum Gasteiger partial charge on any atom is 0.251 e. The largest absolute Gasteiger partial charge is 0.378 e. The van der Waals surface area contributed by atoms with Crippen LogP contribution in [0.15, 0.2) is 29.3 Å². The van der Waals surface area contributed by atoms with Crippen LogP contribution in [0.4, 0.5) is 0 Å². The molecule has 1 aromatic rings. The highest BCUT2D eigenvalue weighted by Crippen LogP contribution is 2.20. The third-order valence-electron chi connectivity index (χ3n) is 5.38. The number of nitrogens with zero attached hydrogens (tertiary/aromatic N) is 1. The molecular formula is C23H38N4O2. The zero-order valence-corrected chi connectivity index (χ0v) is 18.3. The Bertz CT molecular complexity index is 642. The average Bonchev–Trinajstić information content (AvgIpc) is 2.76. The van der Waals surface area contributed by atoms with E-state index in [4.69, 9.17) is 4.74 Å². The molecule has 0 heterocycles. The Hall–Kier alpha value is -2.08. The predicted octanol–water partition coefficient (Wildman–Crippen LogP) is 3.62. The number of hydrogen-bond acceptors (Lipinski definition) is 3. The van der Waals surface area contributed by atoms with Gasteiger partial charge in [0.2, 0.25) is 0 Å². The minimum atomic E-state index is -0.0262. The van der Waals surface area contributed by atoms with Crippen LogP contribution in [-0.2, 0) is 11.3 Å². The monoisotopic (exact) mass is 402 g/mol. The Morgan fingerprint density at radius 1 is 1.24 bits per heavy atom. The molecule has 1 aliphatic carbocycles. The first-order valence-corrected chi connectivity index (χ1v) is 11.1. The maximum atomic E-state index is 12.3. The minimum Gasteiger partial charge on any atom is -0.378 e. The van der Waals surface area contributed by atoms with Gasteiger partial charge >= 0.3 is 0 Å². The molecule has 1 fully saturated rings. The lowest BCUT2D eigenvalue weighted by Crippen LogP contribution is -2.37. The van der Waals surface area contributed by atoms with Crippen molar-refractivity contribution in [2.75, 3.05) is 20.2 Å². The molecule has 1 aromatic carbocycles. The third-order valence-corrected chi connectivity index (χ3v) is 5.38. The van der Waals surface area contributed by atoms with Crippen molar-refractivity contribution in [3.05, 3.63) is 35.4 Å². The van der Waals surface area contributed by atoms with E-state index >= 15 is 0 Å². The third kappa shape index (κ3) is 8.86. The molecule has 1 unspecified atom stereocenters. The molecule has 6 nitrogen and oxygen atoms in total. The van der Waals surface area contributed by atoms with E-state index in [0.717, 1.165) is 37.5 Å². The first kappa shape index (κ1) is 23.2. The van der Waals surface area contributed by atoms with Gasteiger partial charge in [-0.2, -0.15) is 0 Å². The van der Waals surface area contributed by atoms with Crippen molar-refractivity contribution >= 4 is 11.9 Å². The smallest absolute Gasteiger partial charge is 0.251 e. The van der Waals surface area contributed by atoms with Gasteiger partial charge in [0.25, 0.3) is 5.91 Å². The molecule has 1 aliphatic rings. The van der Waals surface area contributed by atoms with Crippen molar-refractivity contribution in [3.8, 4) is 0 Å². The summed E-state index contributed by atoms with van der Waals surface area (Å²) in [5, 5.41) is 9.64. The van der Waals surface area contributed by atoms with Crippen molar-refractivity contribution < 1.29 is 9.53 Å². The Labute approximate surface area is 175 Å². The summed E-state index contributed by atoms with van der Waals surface area (Å²) in [7, 11) is 1.77. The van der Waals surface area contributed by atoms with Crippen LogP contribution in [0.1, 0.15) is 74.7 Å². The standard InChI is InChI=1S/C23H38N4O2/c1-4-18(2)27-22(28)20-11-8-10-19(16-20)17-26-23(24-3)25-14-9-15-29-21-12-6-5-7-13-21/h8,10-11,16,18,21H,4-7,9,12-15,17H2,1-3H3,(H,27,28)(H2,24,25,26). The van der Waals surface area contributed by atoms with Crippen molar-refractivity contribution in [1.82, 2.24) is 16.0 Å². The first-order valence-electron chi connectivity index (χ1n) is 11.1. The molecule has 0 aliphatic heterocycles. The fourth-order valence-corrected chi connectivity index (χ4v) is 3.40. The molecule has 1 saturated carbocycles. The van der Waals surface area contributed by atoms with Gasteiger partial charge < -0.3 is 20.7 Å². The Morgan fingerprint density at radius 3 is 2.76 bits per heavy atom. The molecule has 29 heavy (non-hydrogen) atoms. The number of hydrogen-bond donors (Lipinski definition) is 3. The van der Waals surface area contributed by atoms with E-state index in [2.05, 4.69) is 27.9 Å². The Balaban J connectivity index is 1.69. The summed E-state index contributed by atoms with van der Waals surface area (Å²) < 4.78 is 5.96. The average molecular weight is 403 g/mol. The number of rotatable bonds is 10. The Morgan fingerprint density at radius 2 is 2.03 bits per heavy atom. The molecular weight excluding hydrogens is 364 g/mol. The van der Waals surface area contributed by atoms with E-state index < -0.39 is 0 Å². The van der Waals surface area contributed by atoms with Crippen molar-refractivity contribution in [2.24, 2.45) is 4.99 Å². The van der Waals surface area contributed by atoms with Gasteiger partial charge in [0, 0.05) is 38.3 Å². The number of nitrogens with one attached hydrogen (secondary N) is 3. The van der Waals surface area contributed by atoms with Crippen LogP contribution in [0.5, 0.6) is 0 Å². The second-order valence-corrected chi connectivity index (χ2v) is 7.82. The quantitative estimate of drug-likeness (QED) is 0.317. The summed E-state index contributed by atoms with van der Waals surface area (Å²) in [5.41, 5.74) is 1.73. The van der Waals surface area contributed by atoms with E-state index in [9.17, 15) is 4.79 Å². The molecule has 0 saturated heterocycles. The highest BCUT2D eigenvalue weighted by Gasteiger charge is 2.13. The molecule has 0 aromatic heterocycles. The van der Waals surface area contributed by atoms with Crippen LogP contribution in [-0.4, -0.2) is 44.2 Å². The van der Waals surface area contributed by atoms with Gasteiger partial charge in [-0.1, -0.05) is 38.3 Å². The van der Waals surface area contributed by atoms with Gasteiger partial charge in [-0.25, -0.2) is 0 Å². The number of ether oxygens (including phenoxy) is 1. The number of benzene rings is 1. The van der Waals surface area contributed by atoms with Crippen LogP contribution in [0, 0.1) is 0 Å². The van der Waals surface area contributed by atoms with E-state index in [1.165, 1.54) is 32.1 Å². The van der Waals surface area contributed by atoms with E-state index in [-0.39, 0.29) is 11.9 Å². The van der Waals surface area contributed by atoms with Crippen LogP contribution >= 0.6 is 0 Å². The number of amides is 1. The van der Waals surface area contributed by atoms with Crippen LogP contribution in [0.2, 0.25) is 0 Å². The zero-order chi connectivity index (χ0) is 20.9. The van der Waals surface area contributed by atoms with Crippen LogP contribution in [0.3, 0.4) is 0 Å².